The number of aryl methyl sites for hydroxylation is 1. The topological polar surface area (TPSA) is 41.3 Å². The molecule has 1 aromatic heterocycles. The van der Waals surface area contributed by atoms with Crippen LogP contribution >= 0.6 is 0 Å². The van der Waals surface area contributed by atoms with Crippen LogP contribution in [0.2, 0.25) is 0 Å². The molecule has 0 unspecified atom stereocenters. The number of nitrogens with zero attached hydrogens (tertiary/aromatic N) is 2. The lowest BCUT2D eigenvalue weighted by atomic mass is 10.1. The first-order valence-corrected chi connectivity index (χ1v) is 9.92. The van der Waals surface area contributed by atoms with Gasteiger partial charge in [0.1, 0.15) is 0 Å². The van der Waals surface area contributed by atoms with Crippen molar-refractivity contribution in [3.8, 4) is 11.1 Å². The number of sulfonamides is 1. The van der Waals surface area contributed by atoms with Gasteiger partial charge in [-0.05, 0) is 30.7 Å². The van der Waals surface area contributed by atoms with Crippen molar-refractivity contribution < 1.29 is 30.4 Å². The summed E-state index contributed by atoms with van der Waals surface area (Å²) < 4.78 is 67.4. The first kappa shape index (κ1) is 22.4. The summed E-state index contributed by atoms with van der Waals surface area (Å²) in [6.07, 6.45) is 3.53. The number of rotatable bonds is 4. The molecule has 0 spiro atoms. The second-order valence-corrected chi connectivity index (χ2v) is 8.04. The maximum atomic E-state index is 12.8. The third-order valence-electron chi connectivity index (χ3n) is 3.88. The van der Waals surface area contributed by atoms with Crippen LogP contribution in [0.4, 0.5) is 17.3 Å². The summed E-state index contributed by atoms with van der Waals surface area (Å²) in [6, 6.07) is 20.5. The molecule has 154 valence electrons. The van der Waals surface area contributed by atoms with Crippen LogP contribution in [0, 0.1) is 6.92 Å². The molecule has 0 N–H and O–H groups in total. The van der Waals surface area contributed by atoms with Crippen LogP contribution in [0.1, 0.15) is 5.56 Å². The van der Waals surface area contributed by atoms with Crippen LogP contribution in [0.3, 0.4) is 0 Å². The molecule has 0 aliphatic rings. The van der Waals surface area contributed by atoms with E-state index in [1.54, 1.807) is 48.4 Å². The van der Waals surface area contributed by atoms with Crippen LogP contribution in [0.25, 0.3) is 11.1 Å². The normalized spacial score (nSPS) is 11.4. The van der Waals surface area contributed by atoms with Gasteiger partial charge in [-0.3, -0.25) is 0 Å². The second kappa shape index (κ2) is 9.08. The predicted octanol–water partition coefficient (Wildman–Crippen LogP) is 4.21. The Morgan fingerprint density at radius 3 is 1.90 bits per heavy atom. The molecule has 3 rings (SSSR count). The minimum absolute atomic E-state index is 0.271. The predicted molar refractivity (Wildman–Crippen MR) is 105 cm³/mol. The molecule has 10 heteroatoms. The maximum absolute atomic E-state index is 12.8. The third kappa shape index (κ3) is 6.60. The Hall–Kier alpha value is -2.88. The number of benzene rings is 2. The molecule has 0 atom stereocenters. The van der Waals surface area contributed by atoms with Gasteiger partial charge in [-0.1, -0.05) is 57.1 Å². The largest absolute Gasteiger partial charge is 0.673 e. The minimum atomic E-state index is -6.00. The summed E-state index contributed by atoms with van der Waals surface area (Å²) in [5.74, 6) is 0. The summed E-state index contributed by atoms with van der Waals surface area (Å²) in [4.78, 5) is 0.271. The maximum Gasteiger partial charge on any atom is 0.673 e. The van der Waals surface area contributed by atoms with Gasteiger partial charge in [0.05, 0.1) is 11.9 Å². The number of aromatic nitrogens is 1. The zero-order valence-electron chi connectivity index (χ0n) is 15.7. The first-order chi connectivity index (χ1) is 13.5. The van der Waals surface area contributed by atoms with Crippen LogP contribution in [0.5, 0.6) is 0 Å². The van der Waals surface area contributed by atoms with E-state index in [0.29, 0.717) is 0 Å². The molecular formula is C19H19BF4N2O2S. The minimum Gasteiger partial charge on any atom is -0.418 e. The second-order valence-electron chi connectivity index (χ2n) is 6.09. The zero-order chi connectivity index (χ0) is 21.7. The Kier molecular flexibility index (Phi) is 7.02. The van der Waals surface area contributed by atoms with Gasteiger partial charge in [0.15, 0.2) is 0 Å². The van der Waals surface area contributed by atoms with Crippen molar-refractivity contribution in [2.75, 3.05) is 11.5 Å². The Bertz CT molecular complexity index is 1040. The molecule has 3 aromatic rings. The van der Waals surface area contributed by atoms with E-state index in [2.05, 4.69) is 0 Å². The lowest BCUT2D eigenvalue weighted by Crippen LogP contribution is -2.57. The summed E-state index contributed by atoms with van der Waals surface area (Å²) in [7, 11) is -8.07. The first-order valence-electron chi connectivity index (χ1n) is 8.48. The van der Waals surface area contributed by atoms with Crippen molar-refractivity contribution in [1.29, 1.82) is 0 Å². The molecule has 0 saturated heterocycles. The van der Waals surface area contributed by atoms with Crippen LogP contribution in [-0.4, -0.2) is 22.7 Å². The standard InChI is InChI=1S/C19H19N2O2S.BF4/c1-16-10-12-19(13-11-16)24(22,23)20(2)21-14-6-9-18(15-21)17-7-4-3-5-8-17;2-1(3,4)5/h3-15H,1-2H3;/q+1;-1. The van der Waals surface area contributed by atoms with Crippen molar-refractivity contribution in [3.05, 3.63) is 84.7 Å². The third-order valence-corrected chi connectivity index (χ3v) is 5.64. The fourth-order valence-corrected chi connectivity index (χ4v) is 3.56. The van der Waals surface area contributed by atoms with Gasteiger partial charge in [0, 0.05) is 11.6 Å². The average molecular weight is 426 g/mol. The number of pyridine rings is 1. The highest BCUT2D eigenvalue weighted by molar-refractivity contribution is 7.92. The van der Waals surface area contributed by atoms with Gasteiger partial charge in [-0.15, -0.1) is 0 Å². The Morgan fingerprint density at radius 2 is 1.34 bits per heavy atom. The quantitative estimate of drug-likeness (QED) is 0.357. The van der Waals surface area contributed by atoms with E-state index in [1.165, 1.54) is 4.41 Å². The van der Waals surface area contributed by atoms with Crippen molar-refractivity contribution in [1.82, 2.24) is 0 Å². The average Bonchev–Trinajstić information content (AvgIpc) is 2.67. The van der Waals surface area contributed by atoms with E-state index in [4.69, 9.17) is 0 Å². The van der Waals surface area contributed by atoms with E-state index in [1.807, 2.05) is 49.4 Å². The molecule has 0 radical (unpaired) electrons. The van der Waals surface area contributed by atoms with E-state index >= 15 is 0 Å². The van der Waals surface area contributed by atoms with Gasteiger partial charge in [-0.2, -0.15) is 8.42 Å². The number of hydrogen-bond donors (Lipinski definition) is 0. The molecule has 1 heterocycles. The molecule has 0 saturated carbocycles. The van der Waals surface area contributed by atoms with Gasteiger partial charge in [0.2, 0.25) is 12.4 Å². The zero-order valence-corrected chi connectivity index (χ0v) is 16.5. The lowest BCUT2D eigenvalue weighted by Gasteiger charge is -2.13. The molecule has 0 bridgehead atoms. The summed E-state index contributed by atoms with van der Waals surface area (Å²) >= 11 is 0. The van der Waals surface area contributed by atoms with Gasteiger partial charge < -0.3 is 17.3 Å². The smallest absolute Gasteiger partial charge is 0.418 e. The molecule has 29 heavy (non-hydrogen) atoms. The van der Waals surface area contributed by atoms with Gasteiger partial charge >= 0.3 is 17.3 Å². The Morgan fingerprint density at radius 1 is 0.828 bits per heavy atom. The number of halogens is 4. The van der Waals surface area contributed by atoms with Crippen LogP contribution in [-0.2, 0) is 10.0 Å². The molecule has 0 aliphatic heterocycles. The van der Waals surface area contributed by atoms with E-state index in [9.17, 15) is 25.7 Å². The van der Waals surface area contributed by atoms with Crippen molar-refractivity contribution in [2.45, 2.75) is 11.8 Å². The number of hydrogen-bond acceptors (Lipinski definition) is 2. The molecular weight excluding hydrogens is 407 g/mol. The van der Waals surface area contributed by atoms with Gasteiger partial charge in [-0.25, -0.2) is 0 Å². The lowest BCUT2D eigenvalue weighted by molar-refractivity contribution is -0.673. The highest BCUT2D eigenvalue weighted by Gasteiger charge is 2.27. The highest BCUT2D eigenvalue weighted by Crippen LogP contribution is 2.17. The monoisotopic (exact) mass is 426 g/mol. The van der Waals surface area contributed by atoms with Gasteiger partial charge in [0.25, 0.3) is 0 Å². The van der Waals surface area contributed by atoms with E-state index < -0.39 is 17.3 Å². The summed E-state index contributed by atoms with van der Waals surface area (Å²) in [5.41, 5.74) is 3.01. The van der Waals surface area contributed by atoms with Crippen LogP contribution < -0.4 is 9.09 Å². The summed E-state index contributed by atoms with van der Waals surface area (Å²) in [5, 5.41) is 0. The fourth-order valence-electron chi connectivity index (χ4n) is 2.43. The van der Waals surface area contributed by atoms with Crippen molar-refractivity contribution in [3.63, 3.8) is 0 Å². The SMILES string of the molecule is Cc1ccc(S(=O)(=O)N(C)[n+]2cccc(-c3ccccc3)c2)cc1.F[B-](F)(F)F. The molecule has 0 fully saturated rings. The summed E-state index contributed by atoms with van der Waals surface area (Å²) in [6.45, 7) is 1.93. The van der Waals surface area contributed by atoms with E-state index in [0.717, 1.165) is 16.7 Å². The molecule has 0 amide bonds. The van der Waals surface area contributed by atoms with Crippen molar-refractivity contribution >= 4 is 17.3 Å². The van der Waals surface area contributed by atoms with Crippen LogP contribution in [0.15, 0.2) is 84.0 Å². The molecule has 4 nitrogen and oxygen atoms in total. The molecule has 0 aliphatic carbocycles. The molecule has 2 aromatic carbocycles. The Labute approximate surface area is 167 Å². The Balaban J connectivity index is 0.000000537. The van der Waals surface area contributed by atoms with Crippen molar-refractivity contribution in [2.24, 2.45) is 0 Å². The fraction of sp³-hybridized carbons (Fsp3) is 0.105. The highest BCUT2D eigenvalue weighted by atomic mass is 32.2. The van der Waals surface area contributed by atoms with E-state index in [-0.39, 0.29) is 4.90 Å².